The maximum atomic E-state index is 11.9. The molecular formula is C21H26O3. The van der Waals surface area contributed by atoms with Crippen LogP contribution in [0.2, 0.25) is 0 Å². The minimum absolute atomic E-state index is 0.00978. The second-order valence-corrected chi connectivity index (χ2v) is 8.96. The number of allylic oxidation sites excluding steroid dienone is 4. The minimum atomic E-state index is 0.00978. The summed E-state index contributed by atoms with van der Waals surface area (Å²) in [4.78, 5) is 23.6. The monoisotopic (exact) mass is 326 g/mol. The topological polar surface area (TPSA) is 43.4 Å². The lowest BCUT2D eigenvalue weighted by molar-refractivity contribution is -0.172. The summed E-state index contributed by atoms with van der Waals surface area (Å²) < 4.78 is 5.78. The quantitative estimate of drug-likeness (QED) is 0.632. The SMILES string of the molecule is CC12CCC(=O)C=C1C=CC1C2CCC23CCC(=O)OC2CCC13. The van der Waals surface area contributed by atoms with Crippen molar-refractivity contribution < 1.29 is 14.3 Å². The molecule has 3 fully saturated rings. The van der Waals surface area contributed by atoms with Crippen LogP contribution in [0.5, 0.6) is 0 Å². The highest BCUT2D eigenvalue weighted by Crippen LogP contribution is 2.66. The summed E-state index contributed by atoms with van der Waals surface area (Å²) in [6.45, 7) is 2.39. The van der Waals surface area contributed by atoms with Gasteiger partial charge in [0.2, 0.25) is 0 Å². The molecule has 3 nitrogen and oxygen atoms in total. The van der Waals surface area contributed by atoms with Crippen LogP contribution in [0.25, 0.3) is 0 Å². The highest BCUT2D eigenvalue weighted by molar-refractivity contribution is 5.92. The molecule has 0 N–H and O–H groups in total. The van der Waals surface area contributed by atoms with E-state index in [0.717, 1.165) is 19.3 Å². The van der Waals surface area contributed by atoms with E-state index >= 15 is 0 Å². The predicted molar refractivity (Wildman–Crippen MR) is 90.1 cm³/mol. The largest absolute Gasteiger partial charge is 0.462 e. The summed E-state index contributed by atoms with van der Waals surface area (Å²) >= 11 is 0. The normalized spacial score (nSPS) is 49.5. The van der Waals surface area contributed by atoms with Crippen LogP contribution in [0.1, 0.15) is 58.3 Å². The van der Waals surface area contributed by atoms with E-state index in [4.69, 9.17) is 4.74 Å². The van der Waals surface area contributed by atoms with Crippen LogP contribution < -0.4 is 0 Å². The summed E-state index contributed by atoms with van der Waals surface area (Å²) in [6.07, 6.45) is 14.7. The molecular weight excluding hydrogens is 300 g/mol. The summed E-state index contributed by atoms with van der Waals surface area (Å²) in [5.41, 5.74) is 1.67. The summed E-state index contributed by atoms with van der Waals surface area (Å²) in [7, 11) is 0. The van der Waals surface area contributed by atoms with E-state index in [-0.39, 0.29) is 28.7 Å². The number of hydrogen-bond donors (Lipinski definition) is 0. The van der Waals surface area contributed by atoms with Gasteiger partial charge in [-0.3, -0.25) is 9.59 Å². The molecule has 0 radical (unpaired) electrons. The number of fused-ring (bicyclic) bond motifs is 4. The second kappa shape index (κ2) is 4.83. The molecule has 0 bridgehead atoms. The van der Waals surface area contributed by atoms with E-state index in [1.807, 2.05) is 6.08 Å². The van der Waals surface area contributed by atoms with Gasteiger partial charge in [0, 0.05) is 18.3 Å². The van der Waals surface area contributed by atoms with Crippen LogP contribution in [-0.2, 0) is 14.3 Å². The fraction of sp³-hybridized carbons (Fsp3) is 0.714. The van der Waals surface area contributed by atoms with Crippen LogP contribution in [0.4, 0.5) is 0 Å². The Labute approximate surface area is 143 Å². The Morgan fingerprint density at radius 1 is 1.04 bits per heavy atom. The highest BCUT2D eigenvalue weighted by atomic mass is 16.5. The Morgan fingerprint density at radius 3 is 2.79 bits per heavy atom. The molecule has 4 aliphatic carbocycles. The summed E-state index contributed by atoms with van der Waals surface area (Å²) in [5, 5.41) is 0. The van der Waals surface area contributed by atoms with Crippen LogP contribution in [0.15, 0.2) is 23.8 Å². The molecule has 1 saturated heterocycles. The molecule has 0 aromatic heterocycles. The Hall–Kier alpha value is -1.38. The Balaban J connectivity index is 1.53. The molecule has 6 unspecified atom stereocenters. The standard InChI is InChI=1S/C21H26O3/c1-20-9-6-14(22)12-13(20)2-3-15-16(20)7-10-21-11-8-19(23)24-18(21)5-4-17(15)21/h2-3,12,15-18H,4-11H2,1H3. The molecule has 1 aliphatic heterocycles. The van der Waals surface area contributed by atoms with Crippen LogP contribution in [-0.4, -0.2) is 17.9 Å². The van der Waals surface area contributed by atoms with E-state index in [9.17, 15) is 9.59 Å². The van der Waals surface area contributed by atoms with Gasteiger partial charge in [0.15, 0.2) is 5.78 Å². The van der Waals surface area contributed by atoms with Gasteiger partial charge in [-0.25, -0.2) is 0 Å². The second-order valence-electron chi connectivity index (χ2n) is 8.96. The fourth-order valence-electron chi connectivity index (χ4n) is 6.97. The maximum Gasteiger partial charge on any atom is 0.306 e. The van der Waals surface area contributed by atoms with E-state index in [1.54, 1.807) is 0 Å². The zero-order valence-electron chi connectivity index (χ0n) is 14.4. The molecule has 2 saturated carbocycles. The van der Waals surface area contributed by atoms with E-state index in [1.165, 1.54) is 24.8 Å². The third kappa shape index (κ3) is 1.79. The van der Waals surface area contributed by atoms with Gasteiger partial charge in [0.25, 0.3) is 0 Å². The molecule has 24 heavy (non-hydrogen) atoms. The van der Waals surface area contributed by atoms with Gasteiger partial charge in [-0.1, -0.05) is 19.1 Å². The first-order chi connectivity index (χ1) is 11.5. The lowest BCUT2D eigenvalue weighted by atomic mass is 9.48. The van der Waals surface area contributed by atoms with Crippen LogP contribution in [0, 0.1) is 28.6 Å². The highest BCUT2D eigenvalue weighted by Gasteiger charge is 2.61. The number of hydrogen-bond acceptors (Lipinski definition) is 3. The van der Waals surface area contributed by atoms with Gasteiger partial charge in [-0.2, -0.15) is 0 Å². The third-order valence-electron chi connectivity index (χ3n) is 8.22. The van der Waals surface area contributed by atoms with Crippen molar-refractivity contribution in [1.29, 1.82) is 0 Å². The third-order valence-corrected chi connectivity index (χ3v) is 8.22. The Morgan fingerprint density at radius 2 is 1.92 bits per heavy atom. The van der Waals surface area contributed by atoms with E-state index in [0.29, 0.717) is 30.6 Å². The number of ketones is 1. The number of carbonyl (C=O) groups excluding carboxylic acids is 2. The van der Waals surface area contributed by atoms with Crippen molar-refractivity contribution in [1.82, 2.24) is 0 Å². The van der Waals surface area contributed by atoms with Crippen LogP contribution in [0.3, 0.4) is 0 Å². The van der Waals surface area contributed by atoms with Gasteiger partial charge < -0.3 is 4.74 Å². The average Bonchev–Trinajstić information content (AvgIpc) is 2.94. The van der Waals surface area contributed by atoms with Gasteiger partial charge in [0.05, 0.1) is 0 Å². The molecule has 0 aromatic carbocycles. The Kier molecular flexibility index (Phi) is 3.00. The van der Waals surface area contributed by atoms with Crippen molar-refractivity contribution in [3.63, 3.8) is 0 Å². The number of rotatable bonds is 0. The first kappa shape index (κ1) is 14.9. The summed E-state index contributed by atoms with van der Waals surface area (Å²) in [6, 6.07) is 0. The molecule has 0 amide bonds. The van der Waals surface area contributed by atoms with Crippen molar-refractivity contribution in [3.05, 3.63) is 23.8 Å². The lowest BCUT2D eigenvalue weighted by Gasteiger charge is -2.57. The van der Waals surface area contributed by atoms with Gasteiger partial charge in [-0.15, -0.1) is 0 Å². The number of carbonyl (C=O) groups is 2. The van der Waals surface area contributed by atoms with Crippen molar-refractivity contribution >= 4 is 11.8 Å². The zero-order valence-corrected chi connectivity index (χ0v) is 14.4. The van der Waals surface area contributed by atoms with E-state index in [2.05, 4.69) is 19.1 Å². The van der Waals surface area contributed by atoms with Gasteiger partial charge in [0.1, 0.15) is 6.10 Å². The molecule has 128 valence electrons. The minimum Gasteiger partial charge on any atom is -0.462 e. The van der Waals surface area contributed by atoms with Gasteiger partial charge >= 0.3 is 5.97 Å². The fourth-order valence-corrected chi connectivity index (χ4v) is 6.97. The number of ether oxygens (including phenoxy) is 1. The molecule has 3 heteroatoms. The summed E-state index contributed by atoms with van der Waals surface area (Å²) in [5.74, 6) is 2.19. The van der Waals surface area contributed by atoms with Crippen molar-refractivity contribution in [2.24, 2.45) is 28.6 Å². The van der Waals surface area contributed by atoms with Crippen molar-refractivity contribution in [2.75, 3.05) is 0 Å². The van der Waals surface area contributed by atoms with Crippen molar-refractivity contribution in [2.45, 2.75) is 64.4 Å². The smallest absolute Gasteiger partial charge is 0.306 e. The van der Waals surface area contributed by atoms with E-state index < -0.39 is 0 Å². The van der Waals surface area contributed by atoms with Crippen LogP contribution >= 0.6 is 0 Å². The van der Waals surface area contributed by atoms with Gasteiger partial charge in [-0.05, 0) is 73.3 Å². The lowest BCUT2D eigenvalue weighted by Crippen LogP contribution is -2.53. The zero-order chi connectivity index (χ0) is 16.5. The molecule has 6 atom stereocenters. The maximum absolute atomic E-state index is 11.9. The molecule has 5 aliphatic rings. The number of esters is 1. The first-order valence-electron chi connectivity index (χ1n) is 9.66. The molecule has 0 aromatic rings. The predicted octanol–water partition coefficient (Wildman–Crippen LogP) is 3.98. The molecule has 1 spiro atoms. The van der Waals surface area contributed by atoms with Crippen molar-refractivity contribution in [3.8, 4) is 0 Å². The first-order valence-corrected chi connectivity index (χ1v) is 9.66. The average molecular weight is 326 g/mol. The Bertz CT molecular complexity index is 675. The molecule has 1 heterocycles. The molecule has 5 rings (SSSR count).